The molecule has 2 rings (SSSR count). The molecule has 3 heteroatoms. The van der Waals surface area contributed by atoms with Gasteiger partial charge >= 0.3 is 0 Å². The number of aromatic nitrogens is 1. The third-order valence-corrected chi connectivity index (χ3v) is 3.68. The first-order chi connectivity index (χ1) is 8.18. The monoisotopic (exact) mass is 234 g/mol. The van der Waals surface area contributed by atoms with Gasteiger partial charge in [0.2, 0.25) is 5.91 Å². The van der Waals surface area contributed by atoms with Crippen LogP contribution in [0.2, 0.25) is 0 Å². The van der Waals surface area contributed by atoms with Crippen molar-refractivity contribution in [3.05, 3.63) is 23.5 Å². The Kier molecular flexibility index (Phi) is 3.87. The van der Waals surface area contributed by atoms with E-state index in [4.69, 9.17) is 0 Å². The third kappa shape index (κ3) is 2.90. The van der Waals surface area contributed by atoms with Gasteiger partial charge in [-0.3, -0.25) is 4.79 Å². The number of rotatable bonds is 3. The Labute approximate surface area is 103 Å². The van der Waals surface area contributed by atoms with Gasteiger partial charge in [0.15, 0.2) is 0 Å². The zero-order valence-electron chi connectivity index (χ0n) is 10.9. The van der Waals surface area contributed by atoms with Crippen molar-refractivity contribution in [1.82, 2.24) is 9.47 Å². The van der Waals surface area contributed by atoms with E-state index in [2.05, 4.69) is 30.5 Å². The second-order valence-electron chi connectivity index (χ2n) is 4.96. The second-order valence-corrected chi connectivity index (χ2v) is 4.96. The molecule has 0 atom stereocenters. The van der Waals surface area contributed by atoms with E-state index < -0.39 is 0 Å². The highest BCUT2D eigenvalue weighted by atomic mass is 16.2. The van der Waals surface area contributed by atoms with Crippen LogP contribution in [0.1, 0.15) is 37.1 Å². The van der Waals surface area contributed by atoms with Crippen molar-refractivity contribution in [2.75, 3.05) is 13.1 Å². The smallest absolute Gasteiger partial charge is 0.224 e. The molecule has 0 saturated carbocycles. The molecule has 1 fully saturated rings. The number of carbonyl (C=O) groups excluding carboxylic acids is 1. The van der Waals surface area contributed by atoms with Crippen LogP contribution in [0.5, 0.6) is 0 Å². The molecular formula is C14H22N2O. The molecule has 1 saturated heterocycles. The number of hydrogen-bond acceptors (Lipinski definition) is 1. The molecule has 94 valence electrons. The van der Waals surface area contributed by atoms with E-state index in [-0.39, 0.29) is 0 Å². The number of aryl methyl sites for hydroxylation is 2. The molecule has 3 nitrogen and oxygen atoms in total. The summed E-state index contributed by atoms with van der Waals surface area (Å²) < 4.78 is 2.22. The van der Waals surface area contributed by atoms with Gasteiger partial charge in [-0.15, -0.1) is 0 Å². The van der Waals surface area contributed by atoms with E-state index in [0.717, 1.165) is 19.6 Å². The lowest BCUT2D eigenvalue weighted by Crippen LogP contribution is -2.36. The van der Waals surface area contributed by atoms with Gasteiger partial charge in [0, 0.05) is 37.4 Å². The summed E-state index contributed by atoms with van der Waals surface area (Å²) in [6.45, 7) is 6.93. The summed E-state index contributed by atoms with van der Waals surface area (Å²) in [5.74, 6) is 0.317. The topological polar surface area (TPSA) is 25.2 Å². The molecule has 1 aliphatic rings. The van der Waals surface area contributed by atoms with Crippen LogP contribution in [0.3, 0.4) is 0 Å². The molecule has 0 aromatic carbocycles. The molecule has 1 amide bonds. The Balaban J connectivity index is 1.87. The summed E-state index contributed by atoms with van der Waals surface area (Å²) >= 11 is 0. The summed E-state index contributed by atoms with van der Waals surface area (Å²) in [5, 5.41) is 0. The van der Waals surface area contributed by atoms with Crippen molar-refractivity contribution < 1.29 is 4.79 Å². The first-order valence-electron chi connectivity index (χ1n) is 6.59. The Hall–Kier alpha value is -1.25. The summed E-state index contributed by atoms with van der Waals surface area (Å²) in [4.78, 5) is 14.1. The van der Waals surface area contributed by atoms with Gasteiger partial charge in [0.1, 0.15) is 0 Å². The van der Waals surface area contributed by atoms with Gasteiger partial charge in [-0.1, -0.05) is 0 Å². The molecule has 0 aliphatic carbocycles. The number of hydrogen-bond donors (Lipinski definition) is 0. The van der Waals surface area contributed by atoms with Crippen LogP contribution in [0, 0.1) is 13.8 Å². The lowest BCUT2D eigenvalue weighted by Gasteiger charge is -2.27. The van der Waals surface area contributed by atoms with Crippen LogP contribution in [-0.4, -0.2) is 28.5 Å². The zero-order chi connectivity index (χ0) is 12.3. The number of carbonyl (C=O) groups is 1. The van der Waals surface area contributed by atoms with Crippen LogP contribution in [0.25, 0.3) is 0 Å². The van der Waals surface area contributed by atoms with E-state index in [1.165, 1.54) is 30.7 Å². The van der Waals surface area contributed by atoms with Crippen LogP contribution in [0.4, 0.5) is 0 Å². The highest BCUT2D eigenvalue weighted by Crippen LogP contribution is 2.12. The first-order valence-corrected chi connectivity index (χ1v) is 6.59. The van der Waals surface area contributed by atoms with Crippen molar-refractivity contribution in [2.45, 2.75) is 46.1 Å². The lowest BCUT2D eigenvalue weighted by molar-refractivity contribution is -0.132. The van der Waals surface area contributed by atoms with Gasteiger partial charge in [0.25, 0.3) is 0 Å². The summed E-state index contributed by atoms with van der Waals surface area (Å²) in [7, 11) is 0. The third-order valence-electron chi connectivity index (χ3n) is 3.68. The molecule has 0 radical (unpaired) electrons. The second kappa shape index (κ2) is 5.39. The van der Waals surface area contributed by atoms with Gasteiger partial charge in [-0.05, 0) is 45.2 Å². The fraction of sp³-hybridized carbons (Fsp3) is 0.643. The quantitative estimate of drug-likeness (QED) is 0.789. The Morgan fingerprint density at radius 3 is 2.29 bits per heavy atom. The van der Waals surface area contributed by atoms with Crippen molar-refractivity contribution in [3.63, 3.8) is 0 Å². The minimum absolute atomic E-state index is 0.317. The SMILES string of the molecule is Cc1ccc(C)n1CCC(=O)N1CCCCC1. The van der Waals surface area contributed by atoms with Crippen molar-refractivity contribution in [2.24, 2.45) is 0 Å². The number of nitrogens with zero attached hydrogens (tertiary/aromatic N) is 2. The van der Waals surface area contributed by atoms with E-state index in [9.17, 15) is 4.79 Å². The lowest BCUT2D eigenvalue weighted by atomic mass is 10.1. The normalized spacial score (nSPS) is 16.2. The van der Waals surface area contributed by atoms with Gasteiger partial charge in [-0.25, -0.2) is 0 Å². The molecule has 1 aromatic rings. The largest absolute Gasteiger partial charge is 0.349 e. The Bertz CT molecular complexity index is 369. The summed E-state index contributed by atoms with van der Waals surface area (Å²) in [6, 6.07) is 4.22. The minimum Gasteiger partial charge on any atom is -0.349 e. The standard InChI is InChI=1S/C14H22N2O/c1-12-6-7-13(2)16(12)11-8-14(17)15-9-4-3-5-10-15/h6-7H,3-5,8-11H2,1-2H3. The van der Waals surface area contributed by atoms with Crippen molar-refractivity contribution in [1.29, 1.82) is 0 Å². The highest BCUT2D eigenvalue weighted by Gasteiger charge is 2.16. The van der Waals surface area contributed by atoms with Crippen molar-refractivity contribution in [3.8, 4) is 0 Å². The van der Waals surface area contributed by atoms with Crippen LogP contribution in [0.15, 0.2) is 12.1 Å². The molecule has 17 heavy (non-hydrogen) atoms. The maximum atomic E-state index is 12.0. The Morgan fingerprint density at radius 1 is 1.12 bits per heavy atom. The molecule has 1 aromatic heterocycles. The Morgan fingerprint density at radius 2 is 1.71 bits per heavy atom. The molecule has 0 bridgehead atoms. The van der Waals surface area contributed by atoms with Crippen LogP contribution >= 0.6 is 0 Å². The van der Waals surface area contributed by atoms with Crippen LogP contribution < -0.4 is 0 Å². The van der Waals surface area contributed by atoms with Gasteiger partial charge in [-0.2, -0.15) is 0 Å². The van der Waals surface area contributed by atoms with Crippen molar-refractivity contribution >= 4 is 5.91 Å². The van der Waals surface area contributed by atoms with E-state index in [1.54, 1.807) is 0 Å². The van der Waals surface area contributed by atoms with E-state index in [0.29, 0.717) is 12.3 Å². The molecular weight excluding hydrogens is 212 g/mol. The van der Waals surface area contributed by atoms with Gasteiger partial charge < -0.3 is 9.47 Å². The maximum absolute atomic E-state index is 12.0. The molecule has 2 heterocycles. The predicted molar refractivity (Wildman–Crippen MR) is 69.0 cm³/mol. The molecule has 0 spiro atoms. The maximum Gasteiger partial charge on any atom is 0.224 e. The molecule has 0 N–H and O–H groups in total. The molecule has 1 aliphatic heterocycles. The fourth-order valence-corrected chi connectivity index (χ4v) is 2.56. The number of likely N-dealkylation sites (tertiary alicyclic amines) is 1. The van der Waals surface area contributed by atoms with Crippen LogP contribution in [-0.2, 0) is 11.3 Å². The highest BCUT2D eigenvalue weighted by molar-refractivity contribution is 5.76. The average molecular weight is 234 g/mol. The molecule has 0 unspecified atom stereocenters. The summed E-state index contributed by atoms with van der Waals surface area (Å²) in [5.41, 5.74) is 2.49. The average Bonchev–Trinajstić information content (AvgIpc) is 2.67. The van der Waals surface area contributed by atoms with Gasteiger partial charge in [0.05, 0.1) is 0 Å². The summed E-state index contributed by atoms with van der Waals surface area (Å²) in [6.07, 6.45) is 4.26. The number of amides is 1. The first kappa shape index (κ1) is 12.2. The van der Waals surface area contributed by atoms with E-state index >= 15 is 0 Å². The minimum atomic E-state index is 0.317. The zero-order valence-corrected chi connectivity index (χ0v) is 10.9. The fourth-order valence-electron chi connectivity index (χ4n) is 2.56. The number of piperidine rings is 1. The predicted octanol–water partition coefficient (Wildman–Crippen LogP) is 2.51. The van der Waals surface area contributed by atoms with E-state index in [1.807, 2.05) is 4.90 Å².